The standard InChI is InChI=1S/C8H15N3O4/c1-8(2,3)15-7(14)11-6(9)10-4-5(12)13/h4H2,1-3H3,(H,12,13)(H3,9,10,11,14). The normalized spacial score (nSPS) is 12.1. The number of carbonyl (C=O) groups excluding carboxylic acids is 1. The van der Waals surface area contributed by atoms with Crippen LogP contribution in [0.15, 0.2) is 4.99 Å². The fourth-order valence-corrected chi connectivity index (χ4v) is 0.601. The van der Waals surface area contributed by atoms with E-state index in [4.69, 9.17) is 15.6 Å². The first-order valence-electron chi connectivity index (χ1n) is 4.22. The zero-order valence-electron chi connectivity index (χ0n) is 8.90. The SMILES string of the molecule is CC(C)(C)OC(=O)NC(N)=NCC(=O)O. The first-order valence-corrected chi connectivity index (χ1v) is 4.22. The minimum Gasteiger partial charge on any atom is -0.480 e. The first kappa shape index (κ1) is 13.2. The summed E-state index contributed by atoms with van der Waals surface area (Å²) in [6.45, 7) is 4.58. The average Bonchev–Trinajstić information content (AvgIpc) is 1.96. The molecule has 1 amide bonds. The van der Waals surface area contributed by atoms with Crippen LogP contribution in [0, 0.1) is 0 Å². The molecule has 0 spiro atoms. The number of ether oxygens (including phenoxy) is 1. The predicted molar refractivity (Wildman–Crippen MR) is 53.5 cm³/mol. The van der Waals surface area contributed by atoms with Gasteiger partial charge < -0.3 is 15.6 Å². The summed E-state index contributed by atoms with van der Waals surface area (Å²) in [7, 11) is 0. The molecule has 0 bridgehead atoms. The highest BCUT2D eigenvalue weighted by Crippen LogP contribution is 2.05. The first-order chi connectivity index (χ1) is 6.70. The van der Waals surface area contributed by atoms with Crippen molar-refractivity contribution in [2.45, 2.75) is 26.4 Å². The highest BCUT2D eigenvalue weighted by Gasteiger charge is 2.16. The zero-order chi connectivity index (χ0) is 12.1. The van der Waals surface area contributed by atoms with Gasteiger partial charge in [0.25, 0.3) is 0 Å². The number of guanidine groups is 1. The van der Waals surface area contributed by atoms with E-state index in [1.807, 2.05) is 0 Å². The summed E-state index contributed by atoms with van der Waals surface area (Å²) in [4.78, 5) is 24.6. The number of hydrogen-bond acceptors (Lipinski definition) is 4. The molecule has 0 aromatic heterocycles. The molecule has 15 heavy (non-hydrogen) atoms. The molecule has 4 N–H and O–H groups in total. The van der Waals surface area contributed by atoms with Gasteiger partial charge in [-0.15, -0.1) is 0 Å². The highest BCUT2D eigenvalue weighted by atomic mass is 16.6. The lowest BCUT2D eigenvalue weighted by atomic mass is 10.2. The van der Waals surface area contributed by atoms with E-state index < -0.39 is 24.2 Å². The molecule has 0 unspecified atom stereocenters. The van der Waals surface area contributed by atoms with Crippen molar-refractivity contribution in [2.75, 3.05) is 6.54 Å². The Morgan fingerprint density at radius 3 is 2.40 bits per heavy atom. The Kier molecular flexibility index (Phi) is 4.56. The van der Waals surface area contributed by atoms with Crippen LogP contribution in [0.25, 0.3) is 0 Å². The second kappa shape index (κ2) is 5.18. The third-order valence-corrected chi connectivity index (χ3v) is 1.01. The topological polar surface area (TPSA) is 114 Å². The van der Waals surface area contributed by atoms with Gasteiger partial charge in [0.15, 0.2) is 5.96 Å². The Balaban J connectivity index is 4.07. The van der Waals surface area contributed by atoms with Crippen molar-refractivity contribution in [2.24, 2.45) is 10.7 Å². The Morgan fingerprint density at radius 2 is 2.00 bits per heavy atom. The van der Waals surface area contributed by atoms with Crippen molar-refractivity contribution in [1.29, 1.82) is 0 Å². The number of carbonyl (C=O) groups is 2. The molecule has 0 saturated carbocycles. The van der Waals surface area contributed by atoms with Gasteiger partial charge >= 0.3 is 12.1 Å². The van der Waals surface area contributed by atoms with Gasteiger partial charge in [0, 0.05) is 0 Å². The Labute approximate surface area is 87.3 Å². The van der Waals surface area contributed by atoms with E-state index in [0.29, 0.717) is 0 Å². The Morgan fingerprint density at radius 1 is 1.47 bits per heavy atom. The summed E-state index contributed by atoms with van der Waals surface area (Å²) in [5.41, 5.74) is 4.57. The van der Waals surface area contributed by atoms with E-state index in [0.717, 1.165) is 0 Å². The summed E-state index contributed by atoms with van der Waals surface area (Å²) >= 11 is 0. The van der Waals surface area contributed by atoms with E-state index in [1.54, 1.807) is 20.8 Å². The Hall–Kier alpha value is -1.79. The van der Waals surface area contributed by atoms with Crippen molar-refractivity contribution < 1.29 is 19.4 Å². The molecule has 7 nitrogen and oxygen atoms in total. The molecule has 7 heteroatoms. The minimum absolute atomic E-state index is 0.286. The fraction of sp³-hybridized carbons (Fsp3) is 0.625. The summed E-state index contributed by atoms with van der Waals surface area (Å²) in [6, 6.07) is 0. The third kappa shape index (κ3) is 8.54. The van der Waals surface area contributed by atoms with Crippen LogP contribution in [0.2, 0.25) is 0 Å². The molecule has 0 atom stereocenters. The molecule has 0 rings (SSSR count). The predicted octanol–water partition coefficient (Wildman–Crippen LogP) is -0.0896. The molecule has 0 aromatic carbocycles. The van der Waals surface area contributed by atoms with Gasteiger partial charge in [-0.05, 0) is 20.8 Å². The summed E-state index contributed by atoms with van der Waals surface area (Å²) in [5, 5.41) is 10.4. The lowest BCUT2D eigenvalue weighted by Crippen LogP contribution is -2.40. The third-order valence-electron chi connectivity index (χ3n) is 1.01. The van der Waals surface area contributed by atoms with E-state index in [1.165, 1.54) is 0 Å². The van der Waals surface area contributed by atoms with Gasteiger partial charge in [0.1, 0.15) is 12.1 Å². The highest BCUT2D eigenvalue weighted by molar-refractivity contribution is 5.93. The van der Waals surface area contributed by atoms with Crippen LogP contribution in [0.5, 0.6) is 0 Å². The number of aliphatic carboxylic acids is 1. The number of nitrogens with one attached hydrogen (secondary N) is 1. The minimum atomic E-state index is -1.14. The van der Waals surface area contributed by atoms with Crippen LogP contribution in [0.3, 0.4) is 0 Å². The Bertz CT molecular complexity index is 280. The molecular weight excluding hydrogens is 202 g/mol. The number of hydrogen-bond donors (Lipinski definition) is 3. The van der Waals surface area contributed by atoms with Crippen LogP contribution in [0.1, 0.15) is 20.8 Å². The number of amides is 1. The number of nitrogens with zero attached hydrogens (tertiary/aromatic N) is 1. The van der Waals surface area contributed by atoms with Crippen molar-refractivity contribution in [3.05, 3.63) is 0 Å². The van der Waals surface area contributed by atoms with Crippen LogP contribution in [-0.4, -0.2) is 35.3 Å². The van der Waals surface area contributed by atoms with Gasteiger partial charge in [-0.25, -0.2) is 9.79 Å². The van der Waals surface area contributed by atoms with Crippen LogP contribution >= 0.6 is 0 Å². The second-order valence-electron chi connectivity index (χ2n) is 3.72. The number of aliphatic imine (C=N–C) groups is 1. The van der Waals surface area contributed by atoms with Crippen LogP contribution < -0.4 is 11.1 Å². The van der Waals surface area contributed by atoms with Gasteiger partial charge in [-0.3, -0.25) is 10.1 Å². The number of rotatable bonds is 2. The number of carboxylic acid groups (broad SMARTS) is 1. The molecule has 86 valence electrons. The monoisotopic (exact) mass is 217 g/mol. The van der Waals surface area contributed by atoms with Gasteiger partial charge in [-0.1, -0.05) is 0 Å². The summed E-state index contributed by atoms with van der Waals surface area (Å²) < 4.78 is 4.86. The molecule has 0 fully saturated rings. The van der Waals surface area contributed by atoms with Gasteiger partial charge in [-0.2, -0.15) is 0 Å². The van der Waals surface area contributed by atoms with Gasteiger partial charge in [0.05, 0.1) is 0 Å². The molecule has 0 aliphatic heterocycles. The van der Waals surface area contributed by atoms with Crippen LogP contribution in [-0.2, 0) is 9.53 Å². The molecule has 0 saturated heterocycles. The number of carboxylic acids is 1. The second-order valence-corrected chi connectivity index (χ2v) is 3.72. The van der Waals surface area contributed by atoms with Crippen molar-refractivity contribution in [3.8, 4) is 0 Å². The van der Waals surface area contributed by atoms with E-state index >= 15 is 0 Å². The van der Waals surface area contributed by atoms with Crippen molar-refractivity contribution in [3.63, 3.8) is 0 Å². The maximum absolute atomic E-state index is 11.1. The molecule has 0 aliphatic rings. The summed E-state index contributed by atoms with van der Waals surface area (Å²) in [5.74, 6) is -1.42. The maximum atomic E-state index is 11.1. The van der Waals surface area contributed by atoms with E-state index in [2.05, 4.69) is 10.3 Å². The van der Waals surface area contributed by atoms with Crippen molar-refractivity contribution >= 4 is 18.0 Å². The van der Waals surface area contributed by atoms with Crippen molar-refractivity contribution in [1.82, 2.24) is 5.32 Å². The summed E-state index contributed by atoms with van der Waals surface area (Å²) in [6.07, 6.45) is -0.769. The molecular formula is C8H15N3O4. The van der Waals surface area contributed by atoms with Gasteiger partial charge in [0.2, 0.25) is 0 Å². The lowest BCUT2D eigenvalue weighted by Gasteiger charge is -2.19. The average molecular weight is 217 g/mol. The lowest BCUT2D eigenvalue weighted by molar-refractivity contribution is -0.135. The number of nitrogens with two attached hydrogens (primary N) is 1. The zero-order valence-corrected chi connectivity index (χ0v) is 8.90. The maximum Gasteiger partial charge on any atom is 0.414 e. The molecule has 0 aliphatic carbocycles. The van der Waals surface area contributed by atoms with E-state index in [-0.39, 0.29) is 5.96 Å². The largest absolute Gasteiger partial charge is 0.480 e. The van der Waals surface area contributed by atoms with Crippen LogP contribution in [0.4, 0.5) is 4.79 Å². The smallest absolute Gasteiger partial charge is 0.414 e. The fourth-order valence-electron chi connectivity index (χ4n) is 0.601. The molecule has 0 aromatic rings. The molecule has 0 heterocycles. The molecule has 0 radical (unpaired) electrons. The quantitative estimate of drug-likeness (QED) is 0.441. The van der Waals surface area contributed by atoms with E-state index in [9.17, 15) is 9.59 Å². The number of alkyl carbamates (subject to hydrolysis) is 1.